The highest BCUT2D eigenvalue weighted by Gasteiger charge is 2.32. The van der Waals surface area contributed by atoms with Crippen LogP contribution < -0.4 is 19.1 Å². The number of amides is 1. The van der Waals surface area contributed by atoms with Crippen molar-refractivity contribution >= 4 is 21.6 Å². The van der Waals surface area contributed by atoms with Gasteiger partial charge in [0.25, 0.3) is 5.91 Å². The number of aromatic nitrogens is 1. The lowest BCUT2D eigenvalue weighted by molar-refractivity contribution is -0.274. The van der Waals surface area contributed by atoms with E-state index in [4.69, 9.17) is 4.74 Å². The number of nitrogens with zero attached hydrogens (tertiary/aromatic N) is 3. The van der Waals surface area contributed by atoms with Crippen LogP contribution in [0.15, 0.2) is 60.9 Å². The van der Waals surface area contributed by atoms with E-state index >= 15 is 0 Å². The molecule has 0 bridgehead atoms. The molecule has 13 heteroatoms. The lowest BCUT2D eigenvalue weighted by atomic mass is 10.0. The first-order valence-electron chi connectivity index (χ1n) is 13.8. The van der Waals surface area contributed by atoms with E-state index in [1.807, 2.05) is 13.0 Å². The first-order chi connectivity index (χ1) is 20.1. The van der Waals surface area contributed by atoms with Crippen LogP contribution >= 0.6 is 0 Å². The van der Waals surface area contributed by atoms with Gasteiger partial charge in [-0.2, -0.15) is 0 Å². The van der Waals surface area contributed by atoms with Crippen LogP contribution in [-0.4, -0.2) is 68.1 Å². The van der Waals surface area contributed by atoms with Crippen molar-refractivity contribution in [3.05, 3.63) is 72.1 Å². The number of hydrogen-bond donors (Lipinski definition) is 1. The van der Waals surface area contributed by atoms with Gasteiger partial charge >= 0.3 is 6.36 Å². The molecule has 0 aliphatic carbocycles. The second-order valence-corrected chi connectivity index (χ2v) is 13.5. The Balaban J connectivity index is 1.43. The van der Waals surface area contributed by atoms with Crippen LogP contribution in [-0.2, 0) is 16.6 Å². The number of hydrogen-bond acceptors (Lipinski definition) is 8. The van der Waals surface area contributed by atoms with Crippen LogP contribution in [0, 0.1) is 0 Å². The van der Waals surface area contributed by atoms with Crippen molar-refractivity contribution in [3.8, 4) is 22.6 Å². The lowest BCUT2D eigenvalue weighted by Gasteiger charge is -2.36. The molecule has 0 unspecified atom stereocenters. The number of ether oxygens (including phenoxy) is 2. The molecule has 4 rings (SSSR count). The van der Waals surface area contributed by atoms with Crippen molar-refractivity contribution in [2.45, 2.75) is 45.3 Å². The first kappa shape index (κ1) is 32.1. The second-order valence-electron chi connectivity index (χ2n) is 11.1. The van der Waals surface area contributed by atoms with Crippen molar-refractivity contribution in [1.82, 2.24) is 14.6 Å². The smallest absolute Gasteiger partial charge is 0.492 e. The first-order valence-corrected chi connectivity index (χ1v) is 15.2. The minimum Gasteiger partial charge on any atom is -0.492 e. The molecule has 1 saturated heterocycles. The average Bonchev–Trinajstić information content (AvgIpc) is 2.92. The normalized spacial score (nSPS) is 14.8. The van der Waals surface area contributed by atoms with Gasteiger partial charge in [-0.05, 0) is 87.4 Å². The number of pyridine rings is 1. The molecule has 1 N–H and O–H groups in total. The Hall–Kier alpha value is -3.84. The largest absolute Gasteiger partial charge is 0.573 e. The molecule has 1 aliphatic rings. The maximum atomic E-state index is 13.1. The molecule has 2 heterocycles. The lowest BCUT2D eigenvalue weighted by Crippen LogP contribution is -2.46. The molecule has 1 fully saturated rings. The van der Waals surface area contributed by atoms with Crippen LogP contribution in [0.3, 0.4) is 0 Å². The predicted octanol–water partition coefficient (Wildman–Crippen LogP) is 5.23. The monoisotopic (exact) mass is 620 g/mol. The number of carbonyl (C=O) groups is 1. The molecule has 2 aromatic carbocycles. The molecular formula is C30H35F3N4O5S. The number of nitrogens with one attached hydrogen (secondary N) is 1. The summed E-state index contributed by atoms with van der Waals surface area (Å²) in [7, 11) is -3.83. The van der Waals surface area contributed by atoms with Gasteiger partial charge in [0.05, 0.1) is 17.6 Å². The molecule has 0 saturated carbocycles. The fourth-order valence-corrected chi connectivity index (χ4v) is 5.18. The summed E-state index contributed by atoms with van der Waals surface area (Å²) in [5.41, 5.74) is 2.91. The van der Waals surface area contributed by atoms with Crippen LogP contribution in [0.5, 0.6) is 11.5 Å². The fraction of sp³-hybridized carbons (Fsp3) is 0.400. The van der Waals surface area contributed by atoms with Crippen LogP contribution in [0.4, 0.5) is 18.9 Å². The van der Waals surface area contributed by atoms with E-state index < -0.39 is 27.0 Å². The van der Waals surface area contributed by atoms with E-state index in [2.05, 4.69) is 24.2 Å². The maximum Gasteiger partial charge on any atom is 0.573 e. The van der Waals surface area contributed by atoms with E-state index in [-0.39, 0.29) is 11.3 Å². The Morgan fingerprint density at radius 2 is 1.58 bits per heavy atom. The summed E-state index contributed by atoms with van der Waals surface area (Å²) in [6, 6.07) is 13.0. The number of anilines is 1. The quantitative estimate of drug-likeness (QED) is 0.347. The Bertz CT molecular complexity index is 1530. The topological polar surface area (TPSA) is 101 Å². The molecule has 0 atom stereocenters. The number of sulfonamides is 1. The summed E-state index contributed by atoms with van der Waals surface area (Å²) in [5, 5.41) is 0. The summed E-state index contributed by atoms with van der Waals surface area (Å²) >= 11 is 0. The van der Waals surface area contributed by atoms with Gasteiger partial charge in [-0.15, -0.1) is 13.2 Å². The fourth-order valence-electron chi connectivity index (χ4n) is 4.51. The molecule has 1 aliphatic heterocycles. The highest BCUT2D eigenvalue weighted by molar-refractivity contribution is 7.91. The Morgan fingerprint density at radius 1 is 0.930 bits per heavy atom. The number of benzene rings is 2. The van der Waals surface area contributed by atoms with Gasteiger partial charge in [-0.25, -0.2) is 13.1 Å². The van der Waals surface area contributed by atoms with E-state index in [1.54, 1.807) is 42.7 Å². The maximum absolute atomic E-state index is 13.1. The van der Waals surface area contributed by atoms with E-state index in [1.165, 1.54) is 32.9 Å². The van der Waals surface area contributed by atoms with Crippen molar-refractivity contribution in [2.24, 2.45) is 0 Å². The standard InChI is InChI=1S/C30H35F3N4O5S/c1-5-41-27-17-24(18-34-19-27)23-14-21(15-26(16-23)42-30(31,32)33)20-36-10-12-37(13-11-36)25-8-6-22(7-9-25)28(38)35-43(39,40)29(2,3)4/h6-9,14-19H,5,10-13,20H2,1-4H3,(H,35,38). The van der Waals surface area contributed by atoms with Crippen LogP contribution in [0.25, 0.3) is 11.1 Å². The van der Waals surface area contributed by atoms with E-state index in [0.29, 0.717) is 61.8 Å². The number of halogens is 3. The van der Waals surface area contributed by atoms with E-state index in [0.717, 1.165) is 5.69 Å². The van der Waals surface area contributed by atoms with Gasteiger partial charge in [0, 0.05) is 55.7 Å². The minimum absolute atomic E-state index is 0.231. The zero-order chi connectivity index (χ0) is 31.4. The third-order valence-electron chi connectivity index (χ3n) is 6.86. The summed E-state index contributed by atoms with van der Waals surface area (Å²) in [4.78, 5) is 20.9. The predicted molar refractivity (Wildman–Crippen MR) is 158 cm³/mol. The van der Waals surface area contributed by atoms with Crippen molar-refractivity contribution in [2.75, 3.05) is 37.7 Å². The van der Waals surface area contributed by atoms with Gasteiger partial charge in [-0.1, -0.05) is 0 Å². The van der Waals surface area contributed by atoms with Gasteiger partial charge < -0.3 is 14.4 Å². The highest BCUT2D eigenvalue weighted by Crippen LogP contribution is 2.32. The minimum atomic E-state index is -4.83. The van der Waals surface area contributed by atoms with Crippen molar-refractivity contribution in [3.63, 3.8) is 0 Å². The van der Waals surface area contributed by atoms with Crippen molar-refractivity contribution < 1.29 is 35.9 Å². The van der Waals surface area contributed by atoms with E-state index in [9.17, 15) is 26.4 Å². The number of carbonyl (C=O) groups excluding carboxylic acids is 1. The van der Waals surface area contributed by atoms with Gasteiger partial charge in [-0.3, -0.25) is 14.7 Å². The van der Waals surface area contributed by atoms with Gasteiger partial charge in [0.1, 0.15) is 11.5 Å². The molecular weight excluding hydrogens is 585 g/mol. The van der Waals surface area contributed by atoms with Crippen molar-refractivity contribution in [1.29, 1.82) is 0 Å². The third kappa shape index (κ3) is 8.60. The molecule has 9 nitrogen and oxygen atoms in total. The third-order valence-corrected chi connectivity index (χ3v) is 8.93. The Kier molecular flexibility index (Phi) is 9.55. The molecule has 0 spiro atoms. The Labute approximate surface area is 249 Å². The zero-order valence-corrected chi connectivity index (χ0v) is 25.3. The van der Waals surface area contributed by atoms with Crippen LogP contribution in [0.2, 0.25) is 0 Å². The molecule has 3 aromatic rings. The Morgan fingerprint density at radius 3 is 2.19 bits per heavy atom. The number of alkyl halides is 3. The summed E-state index contributed by atoms with van der Waals surface area (Å²) in [6.45, 7) is 9.80. The van der Waals surface area contributed by atoms with Crippen LogP contribution in [0.1, 0.15) is 43.6 Å². The van der Waals surface area contributed by atoms with Gasteiger partial charge in [0.15, 0.2) is 0 Å². The van der Waals surface area contributed by atoms with Gasteiger partial charge in [0.2, 0.25) is 10.0 Å². The summed E-state index contributed by atoms with van der Waals surface area (Å²) in [6.07, 6.45) is -1.72. The highest BCUT2D eigenvalue weighted by atomic mass is 32.2. The summed E-state index contributed by atoms with van der Waals surface area (Å²) in [5.74, 6) is -0.480. The number of piperazine rings is 1. The zero-order valence-electron chi connectivity index (χ0n) is 24.4. The number of rotatable bonds is 9. The molecule has 1 aromatic heterocycles. The summed E-state index contributed by atoms with van der Waals surface area (Å²) < 4.78 is 74.7. The SMILES string of the molecule is CCOc1cncc(-c2cc(CN3CCN(c4ccc(C(=O)NS(=O)(=O)C(C)(C)C)cc4)CC3)cc(OC(F)(F)F)c2)c1. The molecule has 43 heavy (non-hydrogen) atoms. The molecule has 1 amide bonds. The second kappa shape index (κ2) is 12.8. The average molecular weight is 621 g/mol. The molecule has 232 valence electrons. The molecule has 0 radical (unpaired) electrons.